The SMILES string of the molecule is COc1cc(OC)cc(C(OC(=O)CCC(=O)O)C(=O)c2ccccc2)c1. The molecule has 0 aliphatic rings. The fraction of sp³-hybridized carbons (Fsp3) is 0.250. The summed E-state index contributed by atoms with van der Waals surface area (Å²) in [4.78, 5) is 35.7. The molecule has 0 saturated carbocycles. The van der Waals surface area contributed by atoms with Gasteiger partial charge in [0.25, 0.3) is 0 Å². The summed E-state index contributed by atoms with van der Waals surface area (Å²) in [7, 11) is 2.93. The van der Waals surface area contributed by atoms with Crippen molar-refractivity contribution in [2.24, 2.45) is 0 Å². The number of Topliss-reactive ketones (excluding diaryl/α,β-unsaturated/α-hetero) is 1. The fourth-order valence-electron chi connectivity index (χ4n) is 2.41. The zero-order valence-electron chi connectivity index (χ0n) is 15.0. The van der Waals surface area contributed by atoms with E-state index in [0.29, 0.717) is 22.6 Å². The first-order valence-corrected chi connectivity index (χ1v) is 8.18. The first-order chi connectivity index (χ1) is 12.9. The first kappa shape index (κ1) is 20.0. The number of ketones is 1. The van der Waals surface area contributed by atoms with Gasteiger partial charge in [0.05, 0.1) is 27.1 Å². The second-order valence-electron chi connectivity index (χ2n) is 5.64. The lowest BCUT2D eigenvalue weighted by Gasteiger charge is -2.19. The quantitative estimate of drug-likeness (QED) is 0.533. The molecule has 2 rings (SSSR count). The zero-order valence-corrected chi connectivity index (χ0v) is 15.0. The number of methoxy groups -OCH3 is 2. The van der Waals surface area contributed by atoms with Crippen molar-refractivity contribution in [2.45, 2.75) is 18.9 Å². The highest BCUT2D eigenvalue weighted by Gasteiger charge is 2.27. The van der Waals surface area contributed by atoms with Crippen LogP contribution in [-0.2, 0) is 14.3 Å². The van der Waals surface area contributed by atoms with Gasteiger partial charge in [-0.05, 0) is 12.1 Å². The number of carbonyl (C=O) groups excluding carboxylic acids is 2. The van der Waals surface area contributed by atoms with Crippen LogP contribution in [0.2, 0.25) is 0 Å². The van der Waals surface area contributed by atoms with Crippen molar-refractivity contribution in [2.75, 3.05) is 14.2 Å². The summed E-state index contributed by atoms with van der Waals surface area (Å²) in [6, 6.07) is 13.1. The molecule has 7 heteroatoms. The molecule has 142 valence electrons. The van der Waals surface area contributed by atoms with Crippen LogP contribution in [0.3, 0.4) is 0 Å². The van der Waals surface area contributed by atoms with E-state index in [1.165, 1.54) is 14.2 Å². The molecule has 7 nitrogen and oxygen atoms in total. The maximum Gasteiger partial charge on any atom is 0.307 e. The minimum Gasteiger partial charge on any atom is -0.497 e. The molecule has 0 aromatic heterocycles. The van der Waals surface area contributed by atoms with Crippen molar-refractivity contribution in [1.29, 1.82) is 0 Å². The van der Waals surface area contributed by atoms with Crippen LogP contribution in [0.25, 0.3) is 0 Å². The molecule has 0 aliphatic heterocycles. The van der Waals surface area contributed by atoms with E-state index in [-0.39, 0.29) is 12.8 Å². The Labute approximate surface area is 156 Å². The van der Waals surface area contributed by atoms with Gasteiger partial charge in [-0.1, -0.05) is 30.3 Å². The van der Waals surface area contributed by atoms with Crippen molar-refractivity contribution in [3.63, 3.8) is 0 Å². The Balaban J connectivity index is 2.38. The number of hydrogen-bond donors (Lipinski definition) is 1. The van der Waals surface area contributed by atoms with E-state index >= 15 is 0 Å². The van der Waals surface area contributed by atoms with E-state index in [0.717, 1.165) is 0 Å². The van der Waals surface area contributed by atoms with Crippen LogP contribution >= 0.6 is 0 Å². The van der Waals surface area contributed by atoms with E-state index in [1.54, 1.807) is 48.5 Å². The smallest absolute Gasteiger partial charge is 0.307 e. The number of esters is 1. The second-order valence-corrected chi connectivity index (χ2v) is 5.64. The Hall–Kier alpha value is -3.35. The van der Waals surface area contributed by atoms with E-state index in [1.807, 2.05) is 0 Å². The number of carboxylic acids is 1. The number of carboxylic acid groups (broad SMARTS) is 1. The molecular formula is C20H20O7. The van der Waals surface area contributed by atoms with Crippen molar-refractivity contribution in [1.82, 2.24) is 0 Å². The highest BCUT2D eigenvalue weighted by atomic mass is 16.5. The third-order valence-electron chi connectivity index (χ3n) is 3.77. The minimum absolute atomic E-state index is 0.338. The van der Waals surface area contributed by atoms with Crippen LogP contribution < -0.4 is 9.47 Å². The molecule has 0 heterocycles. The lowest BCUT2D eigenvalue weighted by atomic mass is 9.99. The monoisotopic (exact) mass is 372 g/mol. The summed E-state index contributed by atoms with van der Waals surface area (Å²) in [6.45, 7) is 0. The summed E-state index contributed by atoms with van der Waals surface area (Å²) in [5.74, 6) is -1.49. The van der Waals surface area contributed by atoms with Gasteiger partial charge >= 0.3 is 11.9 Å². The number of hydrogen-bond acceptors (Lipinski definition) is 6. The normalized spacial score (nSPS) is 11.3. The maximum absolute atomic E-state index is 12.9. The number of rotatable bonds is 9. The maximum atomic E-state index is 12.9. The molecule has 0 aliphatic carbocycles. The van der Waals surface area contributed by atoms with Crippen molar-refractivity contribution >= 4 is 17.7 Å². The van der Waals surface area contributed by atoms with Gasteiger partial charge in [-0.15, -0.1) is 0 Å². The van der Waals surface area contributed by atoms with Crippen LogP contribution in [0, 0.1) is 0 Å². The van der Waals surface area contributed by atoms with Crippen LogP contribution in [0.4, 0.5) is 0 Å². The molecule has 1 N–H and O–H groups in total. The second kappa shape index (κ2) is 9.38. The number of carbonyl (C=O) groups is 3. The number of aliphatic carboxylic acids is 1. The molecule has 27 heavy (non-hydrogen) atoms. The summed E-state index contributed by atoms with van der Waals surface area (Å²) in [6.07, 6.45) is -1.97. The topological polar surface area (TPSA) is 99.1 Å². The van der Waals surface area contributed by atoms with Gasteiger partial charge in [0.2, 0.25) is 5.78 Å². The highest BCUT2D eigenvalue weighted by Crippen LogP contribution is 2.30. The molecule has 2 aromatic rings. The third-order valence-corrected chi connectivity index (χ3v) is 3.77. The lowest BCUT2D eigenvalue weighted by molar-refractivity contribution is -0.150. The van der Waals surface area contributed by atoms with Crippen LogP contribution in [0.15, 0.2) is 48.5 Å². The van der Waals surface area contributed by atoms with E-state index in [4.69, 9.17) is 19.3 Å². The Morgan fingerprint density at radius 1 is 0.926 bits per heavy atom. The Bertz CT molecular complexity index is 792. The predicted octanol–water partition coefficient (Wildman–Crippen LogP) is 3.04. The molecule has 0 spiro atoms. The predicted molar refractivity (Wildman–Crippen MR) is 96.0 cm³/mol. The Morgan fingerprint density at radius 3 is 2.04 bits per heavy atom. The molecule has 0 saturated heterocycles. The largest absolute Gasteiger partial charge is 0.497 e. The van der Waals surface area contributed by atoms with Crippen LogP contribution in [0.1, 0.15) is 34.9 Å². The molecule has 1 unspecified atom stereocenters. The zero-order chi connectivity index (χ0) is 19.8. The standard InChI is InChI=1S/C20H20O7/c1-25-15-10-14(11-16(12-15)26-2)20(27-18(23)9-8-17(21)22)19(24)13-6-4-3-5-7-13/h3-7,10-12,20H,8-9H2,1-2H3,(H,21,22). The molecular weight excluding hydrogens is 352 g/mol. The molecule has 0 radical (unpaired) electrons. The van der Waals surface area contributed by atoms with Gasteiger partial charge in [-0.3, -0.25) is 14.4 Å². The van der Waals surface area contributed by atoms with Crippen molar-refractivity contribution in [3.8, 4) is 11.5 Å². The van der Waals surface area contributed by atoms with E-state index in [2.05, 4.69) is 0 Å². The van der Waals surface area contributed by atoms with E-state index < -0.39 is 23.8 Å². The summed E-state index contributed by atoms with van der Waals surface area (Å²) in [5, 5.41) is 8.73. The number of ether oxygens (including phenoxy) is 3. The van der Waals surface area contributed by atoms with Crippen LogP contribution in [0.5, 0.6) is 11.5 Å². The average molecular weight is 372 g/mol. The molecule has 0 bridgehead atoms. The lowest BCUT2D eigenvalue weighted by Crippen LogP contribution is -2.21. The molecule has 2 aromatic carbocycles. The average Bonchev–Trinajstić information content (AvgIpc) is 2.70. The first-order valence-electron chi connectivity index (χ1n) is 8.18. The third kappa shape index (κ3) is 5.57. The van der Waals surface area contributed by atoms with Crippen molar-refractivity contribution < 1.29 is 33.7 Å². The van der Waals surface area contributed by atoms with Crippen molar-refractivity contribution in [3.05, 3.63) is 59.7 Å². The van der Waals surface area contributed by atoms with Crippen LogP contribution in [-0.4, -0.2) is 37.0 Å². The highest BCUT2D eigenvalue weighted by molar-refractivity contribution is 6.01. The van der Waals surface area contributed by atoms with Gasteiger partial charge in [0.15, 0.2) is 6.10 Å². The molecule has 0 amide bonds. The Morgan fingerprint density at radius 2 is 1.52 bits per heavy atom. The van der Waals surface area contributed by atoms with Gasteiger partial charge in [0, 0.05) is 17.2 Å². The molecule has 0 fully saturated rings. The van der Waals surface area contributed by atoms with Gasteiger partial charge in [-0.2, -0.15) is 0 Å². The van der Waals surface area contributed by atoms with Gasteiger partial charge in [0.1, 0.15) is 11.5 Å². The van der Waals surface area contributed by atoms with Gasteiger partial charge in [-0.25, -0.2) is 0 Å². The minimum atomic E-state index is -1.25. The Kier molecular flexibility index (Phi) is 6.93. The fourth-order valence-corrected chi connectivity index (χ4v) is 2.41. The summed E-state index contributed by atoms with van der Waals surface area (Å²) in [5.41, 5.74) is 0.721. The summed E-state index contributed by atoms with van der Waals surface area (Å²) >= 11 is 0. The van der Waals surface area contributed by atoms with E-state index in [9.17, 15) is 14.4 Å². The van der Waals surface area contributed by atoms with Gasteiger partial charge < -0.3 is 19.3 Å². The number of benzene rings is 2. The summed E-state index contributed by atoms with van der Waals surface area (Å²) < 4.78 is 15.8. The molecule has 1 atom stereocenters.